The summed E-state index contributed by atoms with van der Waals surface area (Å²) in [6, 6.07) is 7.58. The van der Waals surface area contributed by atoms with Crippen LogP contribution >= 0.6 is 0 Å². The van der Waals surface area contributed by atoms with Crippen LogP contribution in [0.3, 0.4) is 0 Å². The average molecular weight is 333 g/mol. The number of alkyl halides is 3. The molecular formula is C16H14F3N5. The first-order valence-electron chi connectivity index (χ1n) is 7.16. The Balaban J connectivity index is 1.93. The number of anilines is 2. The molecule has 1 aromatic carbocycles. The summed E-state index contributed by atoms with van der Waals surface area (Å²) in [5.41, 5.74) is 0.731. The summed E-state index contributed by atoms with van der Waals surface area (Å²) in [5, 5.41) is 6.34. The Morgan fingerprint density at radius 1 is 1.08 bits per heavy atom. The van der Waals surface area contributed by atoms with E-state index in [1.807, 2.05) is 12.1 Å². The molecule has 3 aromatic rings. The van der Waals surface area contributed by atoms with Gasteiger partial charge in [-0.25, -0.2) is 9.97 Å². The van der Waals surface area contributed by atoms with Crippen LogP contribution in [0.1, 0.15) is 11.3 Å². The number of nitrogens with one attached hydrogen (secondary N) is 2. The zero-order valence-electron chi connectivity index (χ0n) is 12.7. The molecular weight excluding hydrogens is 319 g/mol. The Kier molecular flexibility index (Phi) is 4.20. The van der Waals surface area contributed by atoms with E-state index in [9.17, 15) is 13.2 Å². The lowest BCUT2D eigenvalue weighted by molar-refractivity contribution is -0.136. The van der Waals surface area contributed by atoms with E-state index in [-0.39, 0.29) is 5.52 Å². The maximum Gasteiger partial charge on any atom is 0.418 e. The van der Waals surface area contributed by atoms with Gasteiger partial charge in [-0.15, -0.1) is 0 Å². The molecule has 0 aliphatic rings. The van der Waals surface area contributed by atoms with Crippen LogP contribution < -0.4 is 10.6 Å². The van der Waals surface area contributed by atoms with Gasteiger partial charge in [0.05, 0.1) is 23.3 Å². The number of hydrogen-bond donors (Lipinski definition) is 2. The number of aromatic nitrogens is 3. The minimum atomic E-state index is -4.46. The van der Waals surface area contributed by atoms with E-state index in [1.165, 1.54) is 6.07 Å². The van der Waals surface area contributed by atoms with Crippen molar-refractivity contribution in [3.63, 3.8) is 0 Å². The average Bonchev–Trinajstić information content (AvgIpc) is 2.58. The molecule has 0 amide bonds. The Morgan fingerprint density at radius 3 is 2.67 bits per heavy atom. The number of pyridine rings is 1. The van der Waals surface area contributed by atoms with E-state index in [2.05, 4.69) is 25.6 Å². The molecule has 0 unspecified atom stereocenters. The normalized spacial score (nSPS) is 11.5. The van der Waals surface area contributed by atoms with Crippen LogP contribution in [0.15, 0.2) is 42.9 Å². The Hall–Kier alpha value is -2.90. The van der Waals surface area contributed by atoms with E-state index in [4.69, 9.17) is 0 Å². The van der Waals surface area contributed by atoms with E-state index < -0.39 is 11.7 Å². The molecule has 0 atom stereocenters. The van der Waals surface area contributed by atoms with E-state index in [0.717, 1.165) is 23.8 Å². The van der Waals surface area contributed by atoms with Crippen molar-refractivity contribution < 1.29 is 13.2 Å². The van der Waals surface area contributed by atoms with Gasteiger partial charge in [0.1, 0.15) is 12.1 Å². The number of benzene rings is 1. The second-order valence-corrected chi connectivity index (χ2v) is 5.06. The Bertz CT molecular complexity index is 864. The molecule has 8 heteroatoms. The van der Waals surface area contributed by atoms with Gasteiger partial charge in [0, 0.05) is 24.3 Å². The van der Waals surface area contributed by atoms with Gasteiger partial charge < -0.3 is 10.6 Å². The molecule has 2 aromatic heterocycles. The Morgan fingerprint density at radius 2 is 1.92 bits per heavy atom. The number of fused-ring (bicyclic) bond motifs is 1. The third-order valence-electron chi connectivity index (χ3n) is 3.51. The molecule has 2 heterocycles. The largest absolute Gasteiger partial charge is 0.418 e. The van der Waals surface area contributed by atoms with Crippen molar-refractivity contribution in [1.82, 2.24) is 15.0 Å². The van der Waals surface area contributed by atoms with Crippen LogP contribution in [0.5, 0.6) is 0 Å². The molecule has 0 saturated heterocycles. The summed E-state index contributed by atoms with van der Waals surface area (Å²) in [4.78, 5) is 12.1. The molecule has 0 spiro atoms. The highest BCUT2D eigenvalue weighted by atomic mass is 19.4. The zero-order chi connectivity index (χ0) is 17.2. The van der Waals surface area contributed by atoms with Crippen LogP contribution in [-0.4, -0.2) is 22.0 Å². The van der Waals surface area contributed by atoms with Crippen LogP contribution in [0.4, 0.5) is 24.7 Å². The summed E-state index contributed by atoms with van der Waals surface area (Å²) in [5.74, 6) is 0.336. The molecule has 3 rings (SSSR count). The summed E-state index contributed by atoms with van der Waals surface area (Å²) in [6.45, 7) is 0.331. The van der Waals surface area contributed by atoms with E-state index >= 15 is 0 Å². The van der Waals surface area contributed by atoms with Gasteiger partial charge in [-0.3, -0.25) is 4.98 Å². The highest BCUT2D eigenvalue weighted by molar-refractivity contribution is 5.91. The van der Waals surface area contributed by atoms with E-state index in [0.29, 0.717) is 17.7 Å². The number of rotatable bonds is 4. The van der Waals surface area contributed by atoms with Gasteiger partial charge in [0.2, 0.25) is 0 Å². The van der Waals surface area contributed by atoms with Crippen molar-refractivity contribution in [3.05, 3.63) is 54.1 Å². The fourth-order valence-electron chi connectivity index (χ4n) is 2.36. The quantitative estimate of drug-likeness (QED) is 0.762. The van der Waals surface area contributed by atoms with Gasteiger partial charge in [-0.2, -0.15) is 13.2 Å². The topological polar surface area (TPSA) is 62.7 Å². The van der Waals surface area contributed by atoms with Crippen molar-refractivity contribution in [2.75, 3.05) is 17.7 Å². The number of hydrogen-bond acceptors (Lipinski definition) is 5. The second-order valence-electron chi connectivity index (χ2n) is 5.06. The molecule has 5 nitrogen and oxygen atoms in total. The monoisotopic (exact) mass is 333 g/mol. The van der Waals surface area contributed by atoms with Crippen LogP contribution in [0.2, 0.25) is 0 Å². The van der Waals surface area contributed by atoms with Crippen molar-refractivity contribution in [2.24, 2.45) is 0 Å². The highest BCUT2D eigenvalue weighted by Crippen LogP contribution is 2.35. The first-order valence-corrected chi connectivity index (χ1v) is 7.16. The fraction of sp³-hybridized carbons (Fsp3) is 0.188. The maximum absolute atomic E-state index is 13.1. The molecule has 0 saturated carbocycles. The van der Waals surface area contributed by atoms with Gasteiger partial charge >= 0.3 is 6.18 Å². The third-order valence-corrected chi connectivity index (χ3v) is 3.51. The van der Waals surface area contributed by atoms with Crippen molar-refractivity contribution in [1.29, 1.82) is 0 Å². The Labute approximate surface area is 136 Å². The standard InChI is InChI=1S/C16H14F3N5/c1-20-10-5-6-21-11(7-10)8-22-15-12-3-2-4-13(16(17,18)19)14(12)23-9-24-15/h2-7,9H,8H2,1H3,(H,20,21)(H,22,23,24). The van der Waals surface area contributed by atoms with Crippen LogP contribution in [-0.2, 0) is 12.7 Å². The van der Waals surface area contributed by atoms with Crippen molar-refractivity contribution in [2.45, 2.75) is 12.7 Å². The molecule has 0 fully saturated rings. The molecule has 0 bridgehead atoms. The maximum atomic E-state index is 13.1. The lowest BCUT2D eigenvalue weighted by Gasteiger charge is -2.12. The first kappa shape index (κ1) is 16.0. The number of nitrogens with zero attached hydrogens (tertiary/aromatic N) is 3. The first-order chi connectivity index (χ1) is 11.5. The predicted molar refractivity (Wildman–Crippen MR) is 85.7 cm³/mol. The van der Waals surface area contributed by atoms with Crippen molar-refractivity contribution in [3.8, 4) is 0 Å². The lowest BCUT2D eigenvalue weighted by atomic mass is 10.1. The van der Waals surface area contributed by atoms with Gasteiger partial charge in [-0.05, 0) is 24.3 Å². The minimum absolute atomic E-state index is 0.126. The molecule has 0 radical (unpaired) electrons. The molecule has 124 valence electrons. The van der Waals surface area contributed by atoms with Gasteiger partial charge in [0.25, 0.3) is 0 Å². The molecule has 24 heavy (non-hydrogen) atoms. The third kappa shape index (κ3) is 3.22. The van der Waals surface area contributed by atoms with Crippen molar-refractivity contribution >= 4 is 22.4 Å². The van der Waals surface area contributed by atoms with Crippen LogP contribution in [0.25, 0.3) is 10.9 Å². The predicted octanol–water partition coefficient (Wildman–Crippen LogP) is 3.70. The zero-order valence-corrected chi connectivity index (χ0v) is 12.7. The number of para-hydroxylation sites is 1. The summed E-state index contributed by atoms with van der Waals surface area (Å²) in [7, 11) is 1.79. The fourth-order valence-corrected chi connectivity index (χ4v) is 2.36. The molecule has 2 N–H and O–H groups in total. The summed E-state index contributed by atoms with van der Waals surface area (Å²) < 4.78 is 39.3. The van der Waals surface area contributed by atoms with E-state index in [1.54, 1.807) is 19.3 Å². The second kappa shape index (κ2) is 6.31. The smallest absolute Gasteiger partial charge is 0.388 e. The molecule has 0 aliphatic heterocycles. The summed E-state index contributed by atoms with van der Waals surface area (Å²) in [6.07, 6.45) is -1.69. The lowest BCUT2D eigenvalue weighted by Crippen LogP contribution is -2.09. The summed E-state index contributed by atoms with van der Waals surface area (Å²) >= 11 is 0. The highest BCUT2D eigenvalue weighted by Gasteiger charge is 2.33. The minimum Gasteiger partial charge on any atom is -0.388 e. The van der Waals surface area contributed by atoms with Gasteiger partial charge in [0.15, 0.2) is 0 Å². The van der Waals surface area contributed by atoms with Gasteiger partial charge in [-0.1, -0.05) is 6.07 Å². The molecule has 0 aliphatic carbocycles. The number of halogens is 3. The van der Waals surface area contributed by atoms with Crippen LogP contribution in [0, 0.1) is 0 Å². The SMILES string of the molecule is CNc1ccnc(CNc2ncnc3c(C(F)(F)F)cccc23)c1.